The Bertz CT molecular complexity index is 644. The highest BCUT2D eigenvalue weighted by atomic mass is 32.1. The number of unbranched alkanes of at least 4 members (excludes halogenated alkanes) is 13. The smallest absolute Gasteiger partial charge is 0.250 e. The molecule has 1 rings (SSSR count). The number of amides is 1. The van der Waals surface area contributed by atoms with Crippen molar-refractivity contribution < 1.29 is 9.53 Å². The van der Waals surface area contributed by atoms with Crippen molar-refractivity contribution >= 4 is 29.3 Å². The molecule has 32 heavy (non-hydrogen) atoms. The van der Waals surface area contributed by atoms with E-state index in [1.54, 1.807) is 13.2 Å². The Hall–Kier alpha value is -1.88. The molecule has 0 atom stereocenters. The summed E-state index contributed by atoms with van der Waals surface area (Å²) in [4.78, 5) is 12.0. The van der Waals surface area contributed by atoms with Crippen molar-refractivity contribution in [3.05, 3.63) is 35.9 Å². The largest absolute Gasteiger partial charge is 0.497 e. The predicted molar refractivity (Wildman–Crippen MR) is 141 cm³/mol. The average Bonchev–Trinajstić information content (AvgIpc) is 2.80. The van der Waals surface area contributed by atoms with Gasteiger partial charge in [0.25, 0.3) is 0 Å². The van der Waals surface area contributed by atoms with E-state index in [1.807, 2.05) is 24.3 Å². The molecule has 0 unspecified atom stereocenters. The maximum Gasteiger partial charge on any atom is 0.250 e. The normalized spacial score (nSPS) is 10.9. The van der Waals surface area contributed by atoms with Crippen LogP contribution in [0.2, 0.25) is 0 Å². The minimum absolute atomic E-state index is 0.223. The number of carbonyl (C=O) groups is 1. The van der Waals surface area contributed by atoms with Gasteiger partial charge in [-0.2, -0.15) is 0 Å². The molecule has 0 aliphatic carbocycles. The molecule has 0 aliphatic heterocycles. The lowest BCUT2D eigenvalue weighted by Crippen LogP contribution is -2.38. The van der Waals surface area contributed by atoms with Crippen LogP contribution >= 0.6 is 12.2 Å². The molecule has 0 radical (unpaired) electrons. The van der Waals surface area contributed by atoms with Gasteiger partial charge in [0.05, 0.1) is 7.11 Å². The van der Waals surface area contributed by atoms with Gasteiger partial charge in [-0.15, -0.1) is 0 Å². The maximum atomic E-state index is 12.0. The van der Waals surface area contributed by atoms with E-state index in [9.17, 15) is 4.79 Å². The van der Waals surface area contributed by atoms with Crippen LogP contribution in [0.25, 0.3) is 6.08 Å². The maximum absolute atomic E-state index is 12.0. The first kappa shape index (κ1) is 28.2. The number of methoxy groups -OCH3 is 1. The number of ether oxygens (including phenoxy) is 1. The summed E-state index contributed by atoms with van der Waals surface area (Å²) in [6.45, 7) is 3.08. The highest BCUT2D eigenvalue weighted by Gasteiger charge is 2.00. The molecule has 180 valence electrons. The fraction of sp³-hybridized carbons (Fsp3) is 0.630. The molecule has 2 N–H and O–H groups in total. The zero-order valence-electron chi connectivity index (χ0n) is 20.3. The molecule has 0 aromatic heterocycles. The summed E-state index contributed by atoms with van der Waals surface area (Å²) in [5.41, 5.74) is 0.933. The molecular weight excluding hydrogens is 416 g/mol. The number of hydrogen-bond acceptors (Lipinski definition) is 3. The summed E-state index contributed by atoms with van der Waals surface area (Å²) >= 11 is 5.20. The molecule has 1 aromatic carbocycles. The highest BCUT2D eigenvalue weighted by Crippen LogP contribution is 2.13. The van der Waals surface area contributed by atoms with E-state index < -0.39 is 0 Å². The Labute approximate surface area is 201 Å². The van der Waals surface area contributed by atoms with Crippen molar-refractivity contribution in [1.82, 2.24) is 10.6 Å². The van der Waals surface area contributed by atoms with Gasteiger partial charge >= 0.3 is 0 Å². The molecule has 5 heteroatoms. The molecular formula is C27H44N2O2S. The van der Waals surface area contributed by atoms with Crippen LogP contribution in [0.3, 0.4) is 0 Å². The SMILES string of the molecule is CCCCCCCCCCCCCCCCNC(=S)NC(=O)C=Cc1ccc(OC)cc1. The standard InChI is InChI=1S/C27H44N2O2S/c1-3-4-5-6-7-8-9-10-11-12-13-14-15-16-23-28-27(32)29-26(30)22-19-24-17-20-25(31-2)21-18-24/h17-22H,3-16,23H2,1-2H3,(H2,28,29,30,32). The molecule has 0 heterocycles. The second kappa shape index (κ2) is 19.8. The number of thiocarbonyl (C=S) groups is 1. The van der Waals surface area contributed by atoms with Crippen LogP contribution in [-0.4, -0.2) is 24.7 Å². The van der Waals surface area contributed by atoms with Crippen molar-refractivity contribution in [2.75, 3.05) is 13.7 Å². The summed E-state index contributed by atoms with van der Waals surface area (Å²) in [5, 5.41) is 6.20. The Balaban J connectivity index is 1.92. The van der Waals surface area contributed by atoms with Crippen molar-refractivity contribution in [1.29, 1.82) is 0 Å². The molecule has 1 aromatic rings. The second-order valence-corrected chi connectivity index (χ2v) is 8.86. The van der Waals surface area contributed by atoms with Crippen LogP contribution in [0.15, 0.2) is 30.3 Å². The Morgan fingerprint density at radius 2 is 1.34 bits per heavy atom. The molecule has 0 fully saturated rings. The van der Waals surface area contributed by atoms with Gasteiger partial charge < -0.3 is 10.1 Å². The van der Waals surface area contributed by atoms with Crippen LogP contribution in [0.5, 0.6) is 5.75 Å². The van der Waals surface area contributed by atoms with Crippen LogP contribution in [0.4, 0.5) is 0 Å². The number of benzene rings is 1. The Morgan fingerprint density at radius 3 is 1.84 bits per heavy atom. The second-order valence-electron chi connectivity index (χ2n) is 8.45. The molecule has 1 amide bonds. The van der Waals surface area contributed by atoms with Gasteiger partial charge in [0, 0.05) is 12.6 Å². The minimum Gasteiger partial charge on any atom is -0.497 e. The Morgan fingerprint density at radius 1 is 0.844 bits per heavy atom. The van der Waals surface area contributed by atoms with Gasteiger partial charge in [-0.3, -0.25) is 10.1 Å². The van der Waals surface area contributed by atoms with Gasteiger partial charge in [0.15, 0.2) is 5.11 Å². The number of nitrogens with one attached hydrogen (secondary N) is 2. The van der Waals surface area contributed by atoms with Crippen LogP contribution in [-0.2, 0) is 4.79 Å². The predicted octanol–water partition coefficient (Wildman–Crippen LogP) is 7.18. The van der Waals surface area contributed by atoms with Crippen LogP contribution in [0.1, 0.15) is 102 Å². The van der Waals surface area contributed by atoms with Crippen LogP contribution in [0, 0.1) is 0 Å². The number of hydrogen-bond donors (Lipinski definition) is 2. The first-order valence-electron chi connectivity index (χ1n) is 12.6. The third-order valence-electron chi connectivity index (χ3n) is 5.60. The van der Waals surface area contributed by atoms with Crippen molar-refractivity contribution in [2.45, 2.75) is 96.8 Å². The zero-order chi connectivity index (χ0) is 23.3. The highest BCUT2D eigenvalue weighted by molar-refractivity contribution is 7.80. The first-order valence-corrected chi connectivity index (χ1v) is 13.0. The fourth-order valence-electron chi connectivity index (χ4n) is 3.61. The zero-order valence-corrected chi connectivity index (χ0v) is 21.1. The quantitative estimate of drug-likeness (QED) is 0.138. The minimum atomic E-state index is -0.223. The van der Waals surface area contributed by atoms with E-state index >= 15 is 0 Å². The fourth-order valence-corrected chi connectivity index (χ4v) is 3.81. The van der Waals surface area contributed by atoms with Crippen LogP contribution < -0.4 is 15.4 Å². The van der Waals surface area contributed by atoms with E-state index in [1.165, 1.54) is 89.5 Å². The summed E-state index contributed by atoms with van der Waals surface area (Å²) in [6.07, 6.45) is 22.1. The van der Waals surface area contributed by atoms with Crippen molar-refractivity contribution in [3.8, 4) is 5.75 Å². The van der Waals surface area contributed by atoms with Gasteiger partial charge in [0.2, 0.25) is 5.91 Å². The van der Waals surface area contributed by atoms with Crippen molar-refractivity contribution in [2.24, 2.45) is 0 Å². The monoisotopic (exact) mass is 460 g/mol. The van der Waals surface area contributed by atoms with Crippen molar-refractivity contribution in [3.63, 3.8) is 0 Å². The van der Waals surface area contributed by atoms with E-state index in [-0.39, 0.29) is 5.91 Å². The summed E-state index contributed by atoms with van der Waals surface area (Å²) in [5.74, 6) is 0.569. The van der Waals surface area contributed by atoms with E-state index in [2.05, 4.69) is 17.6 Å². The molecule has 0 saturated carbocycles. The summed E-state index contributed by atoms with van der Waals surface area (Å²) < 4.78 is 5.12. The molecule has 0 saturated heterocycles. The topological polar surface area (TPSA) is 50.4 Å². The van der Waals surface area contributed by atoms with Gasteiger partial charge in [0.1, 0.15) is 5.75 Å². The molecule has 0 bridgehead atoms. The van der Waals surface area contributed by atoms with Gasteiger partial charge in [-0.25, -0.2) is 0 Å². The van der Waals surface area contributed by atoms with Gasteiger partial charge in [-0.1, -0.05) is 103 Å². The van der Waals surface area contributed by atoms with E-state index in [0.717, 1.165) is 24.3 Å². The number of carbonyl (C=O) groups excluding carboxylic acids is 1. The lowest BCUT2D eigenvalue weighted by Gasteiger charge is -2.08. The molecule has 0 spiro atoms. The first-order chi connectivity index (χ1) is 15.7. The average molecular weight is 461 g/mol. The third-order valence-corrected chi connectivity index (χ3v) is 5.84. The number of rotatable bonds is 18. The van der Waals surface area contributed by atoms with Gasteiger partial charge in [-0.05, 0) is 42.4 Å². The Kier molecular flexibility index (Phi) is 17.4. The molecule has 4 nitrogen and oxygen atoms in total. The lowest BCUT2D eigenvalue weighted by molar-refractivity contribution is -0.115. The summed E-state index contributed by atoms with van der Waals surface area (Å²) in [7, 11) is 1.63. The van der Waals surface area contributed by atoms with E-state index in [4.69, 9.17) is 17.0 Å². The summed E-state index contributed by atoms with van der Waals surface area (Å²) in [6, 6.07) is 7.52. The third kappa shape index (κ3) is 15.9. The lowest BCUT2D eigenvalue weighted by atomic mass is 10.0. The molecule has 0 aliphatic rings. The van der Waals surface area contributed by atoms with E-state index in [0.29, 0.717) is 5.11 Å².